The van der Waals surface area contributed by atoms with Crippen molar-refractivity contribution in [2.75, 3.05) is 32.6 Å². The molecular weight excluding hydrogens is 1030 g/mol. The van der Waals surface area contributed by atoms with Crippen LogP contribution in [0.1, 0.15) is 54.1 Å². The molecule has 5 rings (SSSR count). The Hall–Kier alpha value is -7.70. The predicted molar refractivity (Wildman–Crippen MR) is 227 cm³/mol. The number of fused-ring (bicyclic) bond motifs is 1. The van der Waals surface area contributed by atoms with Crippen molar-refractivity contribution in [2.24, 2.45) is 0 Å². The number of amides is 2. The van der Waals surface area contributed by atoms with Gasteiger partial charge in [0, 0.05) is 66.1 Å². The Bertz CT molecular complexity index is 3060. The molecule has 1 unspecified atom stereocenters. The SMILES string of the molecule is N#Cc1ccc(OP(=O)(O)CNS(=O)(=O)c2cc3c(F)c(OCCNC(=O)c4ccc(CC(=O)[O-])c(CC(=O)[O-])c4)c(OCCNC(=O)c4ccc(CC(=O)[O-])c(CC(=O)[O-])c4)c(F)c3s2)cc1C(F)(F)F. The van der Waals surface area contributed by atoms with Gasteiger partial charge >= 0.3 is 13.8 Å². The number of carbonyl (C=O) groups is 6. The van der Waals surface area contributed by atoms with E-state index in [4.69, 9.17) is 19.3 Å². The fourth-order valence-corrected chi connectivity index (χ4v) is 10.5. The van der Waals surface area contributed by atoms with Gasteiger partial charge in [0.1, 0.15) is 29.5 Å². The average molecular weight is 1070 g/mol. The molecule has 0 radical (unpaired) electrons. The second-order valence-electron chi connectivity index (χ2n) is 14.8. The highest BCUT2D eigenvalue weighted by molar-refractivity contribution is 7.92. The first-order chi connectivity index (χ1) is 33.7. The van der Waals surface area contributed by atoms with E-state index in [1.54, 1.807) is 4.72 Å². The van der Waals surface area contributed by atoms with Crippen LogP contribution in [0.15, 0.2) is 64.9 Å². The zero-order valence-corrected chi connectivity index (χ0v) is 38.7. The van der Waals surface area contributed by atoms with Crippen molar-refractivity contribution in [3.05, 3.63) is 117 Å². The number of hydrogen-bond acceptors (Lipinski definition) is 18. The summed E-state index contributed by atoms with van der Waals surface area (Å²) in [5, 5.41) is 57.7. The number of halogens is 5. The number of rotatable bonds is 24. The minimum atomic E-state index is -5.20. The molecule has 29 heteroatoms. The van der Waals surface area contributed by atoms with Gasteiger partial charge in [0.25, 0.3) is 21.8 Å². The number of sulfonamides is 1. The van der Waals surface area contributed by atoms with Crippen molar-refractivity contribution in [1.82, 2.24) is 15.4 Å². The first-order valence-corrected chi connectivity index (χ1v) is 24.2. The van der Waals surface area contributed by atoms with Crippen LogP contribution in [0.25, 0.3) is 10.1 Å². The number of alkyl halides is 3. The molecular formula is C43H32F5N4O17PS2-4. The molecule has 0 saturated heterocycles. The predicted octanol–water partition coefficient (Wildman–Crippen LogP) is -0.643. The minimum absolute atomic E-state index is 0.0135. The Morgan fingerprint density at radius 2 is 1.18 bits per heavy atom. The van der Waals surface area contributed by atoms with Gasteiger partial charge in [-0.3, -0.25) is 9.59 Å². The van der Waals surface area contributed by atoms with Gasteiger partial charge in [0.2, 0.25) is 11.5 Å². The molecule has 0 aliphatic rings. The normalized spacial score (nSPS) is 12.3. The van der Waals surface area contributed by atoms with E-state index >= 15 is 8.78 Å². The highest BCUT2D eigenvalue weighted by atomic mass is 32.2. The molecule has 0 saturated carbocycles. The fraction of sp³-hybridized carbons (Fsp3) is 0.233. The third-order valence-corrected chi connectivity index (χ3v) is 13.9. The highest BCUT2D eigenvalue weighted by Crippen LogP contribution is 2.46. The summed E-state index contributed by atoms with van der Waals surface area (Å²) in [7, 11) is -10.2. The van der Waals surface area contributed by atoms with Crippen molar-refractivity contribution in [2.45, 2.75) is 36.1 Å². The summed E-state index contributed by atoms with van der Waals surface area (Å²) in [5.74, 6) is -13.9. The lowest BCUT2D eigenvalue weighted by Gasteiger charge is -2.16. The standard InChI is InChI=1S/C43H36F5N4O17PS2/c44-36-29-18-35(72(65,66)52-20-70(63,64)69-28-6-5-25(19-49)30(17-28)43(46,47)48)71-40(29)37(45)39(68-10-8-51-42(62)24-4-2-22(14-32(55)56)27(12-24)16-34(59)60)38(36)67-9-7-50-41(61)23-3-1-21(13-31(53)54)26(11-23)15-33(57)58/h1-6,11-12,17-18,52H,7-10,13-16,20H2,(H,50,61)(H,51,62)(H,53,54)(H,55,56)(H,57,58)(H,59,60)(H,63,64)/p-4. The minimum Gasteiger partial charge on any atom is -0.550 e. The first kappa shape index (κ1) is 55.2. The van der Waals surface area contributed by atoms with Crippen LogP contribution in [0.4, 0.5) is 22.0 Å². The molecule has 0 bridgehead atoms. The van der Waals surface area contributed by atoms with Gasteiger partial charge in [-0.25, -0.2) is 21.8 Å². The lowest BCUT2D eigenvalue weighted by Crippen LogP contribution is -2.30. The average Bonchev–Trinajstić information content (AvgIpc) is 3.76. The molecule has 0 fully saturated rings. The van der Waals surface area contributed by atoms with Crippen molar-refractivity contribution in [3.63, 3.8) is 0 Å². The van der Waals surface area contributed by atoms with Crippen LogP contribution >= 0.6 is 18.9 Å². The van der Waals surface area contributed by atoms with E-state index in [2.05, 4.69) is 10.6 Å². The number of ether oxygens (including phenoxy) is 2. The van der Waals surface area contributed by atoms with E-state index in [0.717, 1.165) is 42.5 Å². The number of nitrogens with zero attached hydrogens (tertiary/aromatic N) is 1. The Balaban J connectivity index is 1.38. The number of carboxylic acids is 4. The molecule has 5 aromatic rings. The van der Waals surface area contributed by atoms with E-state index in [-0.39, 0.29) is 50.8 Å². The van der Waals surface area contributed by atoms with Crippen molar-refractivity contribution in [1.29, 1.82) is 5.26 Å². The molecule has 0 aliphatic heterocycles. The van der Waals surface area contributed by atoms with Crippen LogP contribution in [0.5, 0.6) is 17.2 Å². The van der Waals surface area contributed by atoms with E-state index in [1.807, 2.05) is 0 Å². The molecule has 382 valence electrons. The number of carbonyl (C=O) groups excluding carboxylic acids is 6. The largest absolute Gasteiger partial charge is 0.550 e. The van der Waals surface area contributed by atoms with Crippen LogP contribution in [0.3, 0.4) is 0 Å². The maximum atomic E-state index is 16.4. The molecule has 0 spiro atoms. The molecule has 21 nitrogen and oxygen atoms in total. The maximum Gasteiger partial charge on any atom is 0.417 e. The van der Waals surface area contributed by atoms with Gasteiger partial charge in [-0.05, 0) is 70.8 Å². The zero-order chi connectivity index (χ0) is 53.3. The molecule has 72 heavy (non-hydrogen) atoms. The van der Waals surface area contributed by atoms with E-state index in [0.29, 0.717) is 12.1 Å². The summed E-state index contributed by atoms with van der Waals surface area (Å²) in [4.78, 5) is 81.0. The smallest absolute Gasteiger partial charge is 0.417 e. The third-order valence-electron chi connectivity index (χ3n) is 9.68. The molecule has 1 atom stereocenters. The van der Waals surface area contributed by atoms with Crippen LogP contribution in [-0.4, -0.2) is 81.6 Å². The molecule has 1 heterocycles. The molecule has 4 aromatic carbocycles. The lowest BCUT2D eigenvalue weighted by molar-refractivity contribution is -0.306. The number of benzene rings is 4. The number of hydrogen-bond donors (Lipinski definition) is 4. The Morgan fingerprint density at radius 1 is 0.708 bits per heavy atom. The highest BCUT2D eigenvalue weighted by Gasteiger charge is 2.36. The molecule has 1 aromatic heterocycles. The zero-order valence-electron chi connectivity index (χ0n) is 36.2. The van der Waals surface area contributed by atoms with Crippen molar-refractivity contribution >= 4 is 74.7 Å². The van der Waals surface area contributed by atoms with Gasteiger partial charge in [0.05, 0.1) is 35.0 Å². The first-order valence-electron chi connectivity index (χ1n) is 20.1. The number of aliphatic carboxylic acids is 4. The summed E-state index contributed by atoms with van der Waals surface area (Å²) in [6.07, 6.45) is -9.52. The second kappa shape index (κ2) is 23.0. The van der Waals surface area contributed by atoms with Crippen LogP contribution in [-0.2, 0) is 65.6 Å². The van der Waals surface area contributed by atoms with Gasteiger partial charge in [-0.2, -0.15) is 23.2 Å². The summed E-state index contributed by atoms with van der Waals surface area (Å²) >= 11 is 0.0623. The van der Waals surface area contributed by atoms with Crippen LogP contribution in [0.2, 0.25) is 0 Å². The van der Waals surface area contributed by atoms with Gasteiger partial charge in [-0.15, -0.1) is 11.3 Å². The van der Waals surface area contributed by atoms with E-state index in [1.165, 1.54) is 6.07 Å². The summed E-state index contributed by atoms with van der Waals surface area (Å²) < 4.78 is 128. The van der Waals surface area contributed by atoms with Crippen LogP contribution in [0, 0.1) is 23.0 Å². The van der Waals surface area contributed by atoms with Gasteiger partial charge < -0.3 is 69.1 Å². The molecule has 0 aliphatic carbocycles. The lowest BCUT2D eigenvalue weighted by atomic mass is 9.98. The quantitative estimate of drug-likeness (QED) is 0.0339. The number of thiophene rings is 1. The van der Waals surface area contributed by atoms with Gasteiger partial charge in [-0.1, -0.05) is 12.1 Å². The Labute approximate surface area is 406 Å². The monoisotopic (exact) mass is 1070 g/mol. The molecule has 4 N–H and O–H groups in total. The Morgan fingerprint density at radius 3 is 1.64 bits per heavy atom. The number of nitriles is 1. The van der Waals surface area contributed by atoms with E-state index < -0.39 is 172 Å². The summed E-state index contributed by atoms with van der Waals surface area (Å²) in [6.45, 7) is -2.37. The number of nitrogens with one attached hydrogen (secondary N) is 3. The summed E-state index contributed by atoms with van der Waals surface area (Å²) in [6, 6.07) is 10.3. The Kier molecular flexibility index (Phi) is 17.7. The maximum absolute atomic E-state index is 16.4. The van der Waals surface area contributed by atoms with Crippen molar-refractivity contribution in [3.8, 4) is 23.3 Å². The van der Waals surface area contributed by atoms with Gasteiger partial charge in [0.15, 0.2) is 11.6 Å². The second-order valence-corrected chi connectivity index (χ2v) is 19.6. The van der Waals surface area contributed by atoms with Crippen molar-refractivity contribution < 1.29 is 103 Å². The van der Waals surface area contributed by atoms with Crippen LogP contribution < -0.4 is 49.8 Å². The fourth-order valence-electron chi connectivity index (χ4n) is 6.53. The summed E-state index contributed by atoms with van der Waals surface area (Å²) in [5.41, 5.74) is -2.88. The van der Waals surface area contributed by atoms with E-state index in [9.17, 15) is 80.2 Å². The molecule has 2 amide bonds. The number of carboxylic acid groups (broad SMARTS) is 4. The topological polar surface area (TPSA) is 354 Å². The third kappa shape index (κ3) is 14.4.